The van der Waals surface area contributed by atoms with Gasteiger partial charge < -0.3 is 5.32 Å². The van der Waals surface area contributed by atoms with Crippen LogP contribution in [-0.4, -0.2) is 25.5 Å². The molecule has 2 aromatic rings. The standard InChI is InChI=1S/C16H16N2O5S/c1-11(12-6-8-15(9-7-12)24(2,22)23)17-16(19)13-4-3-5-14(10-13)18(20)21/h3-11H,1-2H3,(H,17,19)/t11-/m1/s1. The number of rotatable bonds is 5. The third kappa shape index (κ3) is 4.17. The molecule has 7 nitrogen and oxygen atoms in total. The number of nitro groups is 1. The predicted molar refractivity (Wildman–Crippen MR) is 88.5 cm³/mol. The van der Waals surface area contributed by atoms with Crippen LogP contribution in [0, 0.1) is 10.1 Å². The zero-order chi connectivity index (χ0) is 17.9. The number of nitro benzene ring substituents is 1. The third-order valence-corrected chi connectivity index (χ3v) is 4.60. The van der Waals surface area contributed by atoms with Gasteiger partial charge >= 0.3 is 0 Å². The monoisotopic (exact) mass is 348 g/mol. The first-order chi connectivity index (χ1) is 11.2. The van der Waals surface area contributed by atoms with E-state index in [0.717, 1.165) is 11.8 Å². The van der Waals surface area contributed by atoms with Gasteiger partial charge in [-0.3, -0.25) is 14.9 Å². The molecule has 0 aliphatic heterocycles. The smallest absolute Gasteiger partial charge is 0.270 e. The zero-order valence-corrected chi connectivity index (χ0v) is 13.9. The lowest BCUT2D eigenvalue weighted by atomic mass is 10.1. The van der Waals surface area contributed by atoms with Crippen LogP contribution in [0.1, 0.15) is 28.9 Å². The van der Waals surface area contributed by atoms with Crippen molar-refractivity contribution in [3.63, 3.8) is 0 Å². The molecule has 0 saturated heterocycles. The van der Waals surface area contributed by atoms with Gasteiger partial charge in [0.05, 0.1) is 15.9 Å². The minimum Gasteiger partial charge on any atom is -0.346 e. The zero-order valence-electron chi connectivity index (χ0n) is 13.1. The number of nitrogens with zero attached hydrogens (tertiary/aromatic N) is 1. The van der Waals surface area contributed by atoms with Gasteiger partial charge in [-0.15, -0.1) is 0 Å². The molecule has 1 atom stereocenters. The van der Waals surface area contributed by atoms with E-state index in [2.05, 4.69) is 5.32 Å². The summed E-state index contributed by atoms with van der Waals surface area (Å²) in [7, 11) is -3.28. The number of benzene rings is 2. The van der Waals surface area contributed by atoms with Crippen LogP contribution in [-0.2, 0) is 9.84 Å². The minimum atomic E-state index is -3.28. The number of carbonyl (C=O) groups excluding carboxylic acids is 1. The summed E-state index contributed by atoms with van der Waals surface area (Å²) in [4.78, 5) is 22.6. The Hall–Kier alpha value is -2.74. The van der Waals surface area contributed by atoms with Crippen LogP contribution >= 0.6 is 0 Å². The van der Waals surface area contributed by atoms with Crippen molar-refractivity contribution >= 4 is 21.4 Å². The molecule has 2 aromatic carbocycles. The summed E-state index contributed by atoms with van der Waals surface area (Å²) in [5.74, 6) is -0.446. The number of hydrogen-bond acceptors (Lipinski definition) is 5. The molecular weight excluding hydrogens is 332 g/mol. The lowest BCUT2D eigenvalue weighted by Crippen LogP contribution is -2.26. The van der Waals surface area contributed by atoms with E-state index in [-0.39, 0.29) is 22.2 Å². The van der Waals surface area contributed by atoms with E-state index in [1.807, 2.05) is 0 Å². The second kappa shape index (κ2) is 6.79. The van der Waals surface area contributed by atoms with E-state index in [1.54, 1.807) is 19.1 Å². The second-order valence-corrected chi connectivity index (χ2v) is 7.36. The van der Waals surface area contributed by atoms with Gasteiger partial charge in [-0.25, -0.2) is 8.42 Å². The molecule has 1 N–H and O–H groups in total. The van der Waals surface area contributed by atoms with Gasteiger partial charge in [-0.1, -0.05) is 18.2 Å². The molecule has 0 fully saturated rings. The van der Waals surface area contributed by atoms with Crippen molar-refractivity contribution in [2.24, 2.45) is 0 Å². The number of sulfone groups is 1. The predicted octanol–water partition coefficient (Wildman–Crippen LogP) is 2.49. The lowest BCUT2D eigenvalue weighted by molar-refractivity contribution is -0.384. The lowest BCUT2D eigenvalue weighted by Gasteiger charge is -2.14. The fourth-order valence-electron chi connectivity index (χ4n) is 2.13. The molecule has 0 aliphatic carbocycles. The van der Waals surface area contributed by atoms with Gasteiger partial charge in [0, 0.05) is 24.0 Å². The number of non-ortho nitro benzene ring substituents is 1. The van der Waals surface area contributed by atoms with Crippen LogP contribution in [0.5, 0.6) is 0 Å². The largest absolute Gasteiger partial charge is 0.346 e. The van der Waals surface area contributed by atoms with Crippen LogP contribution in [0.2, 0.25) is 0 Å². The fraction of sp³-hybridized carbons (Fsp3) is 0.188. The van der Waals surface area contributed by atoms with E-state index in [9.17, 15) is 23.3 Å². The Morgan fingerprint density at radius 3 is 2.33 bits per heavy atom. The van der Waals surface area contributed by atoms with Crippen LogP contribution in [0.4, 0.5) is 5.69 Å². The summed E-state index contributed by atoms with van der Waals surface area (Å²) in [5.41, 5.74) is 0.748. The first-order valence-electron chi connectivity index (χ1n) is 7.04. The van der Waals surface area contributed by atoms with Crippen molar-refractivity contribution in [2.75, 3.05) is 6.26 Å². The molecule has 0 saturated carbocycles. The Balaban J connectivity index is 2.14. The molecule has 126 valence electrons. The van der Waals surface area contributed by atoms with E-state index >= 15 is 0 Å². The summed E-state index contributed by atoms with van der Waals surface area (Å²) < 4.78 is 22.9. The molecular formula is C16H16N2O5S. The normalized spacial score (nSPS) is 12.4. The van der Waals surface area contributed by atoms with Crippen LogP contribution < -0.4 is 5.32 Å². The van der Waals surface area contributed by atoms with Crippen molar-refractivity contribution < 1.29 is 18.1 Å². The highest BCUT2D eigenvalue weighted by Gasteiger charge is 2.15. The van der Waals surface area contributed by atoms with Gasteiger partial charge in [-0.05, 0) is 30.7 Å². The molecule has 0 aromatic heterocycles. The van der Waals surface area contributed by atoms with Crippen molar-refractivity contribution in [1.29, 1.82) is 0 Å². The summed E-state index contributed by atoms with van der Waals surface area (Å²) in [6.45, 7) is 1.74. The topological polar surface area (TPSA) is 106 Å². The van der Waals surface area contributed by atoms with Crippen molar-refractivity contribution in [3.05, 3.63) is 69.8 Å². The molecule has 8 heteroatoms. The van der Waals surface area contributed by atoms with Gasteiger partial charge in [0.1, 0.15) is 0 Å². The summed E-state index contributed by atoms with van der Waals surface area (Å²) in [6.07, 6.45) is 1.12. The van der Waals surface area contributed by atoms with Crippen molar-refractivity contribution in [3.8, 4) is 0 Å². The Morgan fingerprint density at radius 2 is 1.79 bits per heavy atom. The molecule has 0 aliphatic rings. The number of carbonyl (C=O) groups is 1. The fourth-order valence-corrected chi connectivity index (χ4v) is 2.76. The summed E-state index contributed by atoms with van der Waals surface area (Å²) in [6, 6.07) is 11.2. The number of hydrogen-bond donors (Lipinski definition) is 1. The molecule has 24 heavy (non-hydrogen) atoms. The van der Waals surface area contributed by atoms with Crippen molar-refractivity contribution in [2.45, 2.75) is 17.9 Å². The van der Waals surface area contributed by atoms with E-state index in [1.165, 1.54) is 36.4 Å². The highest BCUT2D eigenvalue weighted by molar-refractivity contribution is 7.90. The molecule has 2 rings (SSSR count). The maximum atomic E-state index is 12.2. The Morgan fingerprint density at radius 1 is 1.17 bits per heavy atom. The van der Waals surface area contributed by atoms with E-state index in [4.69, 9.17) is 0 Å². The Kier molecular flexibility index (Phi) is 4.99. The third-order valence-electron chi connectivity index (χ3n) is 3.48. The molecule has 0 heterocycles. The first kappa shape index (κ1) is 17.6. The van der Waals surface area contributed by atoms with Crippen LogP contribution in [0.25, 0.3) is 0 Å². The average molecular weight is 348 g/mol. The second-order valence-electron chi connectivity index (χ2n) is 5.34. The maximum Gasteiger partial charge on any atom is 0.270 e. The maximum absolute atomic E-state index is 12.2. The minimum absolute atomic E-state index is 0.159. The molecule has 0 bridgehead atoms. The van der Waals surface area contributed by atoms with E-state index in [0.29, 0.717) is 0 Å². The van der Waals surface area contributed by atoms with Crippen LogP contribution in [0.3, 0.4) is 0 Å². The Labute approximate surface area is 139 Å². The van der Waals surface area contributed by atoms with Gasteiger partial charge in [-0.2, -0.15) is 0 Å². The highest BCUT2D eigenvalue weighted by Crippen LogP contribution is 2.18. The molecule has 1 amide bonds. The Bertz CT molecular complexity index is 876. The summed E-state index contributed by atoms with van der Waals surface area (Å²) >= 11 is 0. The molecule has 0 spiro atoms. The summed E-state index contributed by atoms with van der Waals surface area (Å²) in [5, 5.41) is 13.5. The molecule has 0 unspecified atom stereocenters. The SMILES string of the molecule is C[C@@H](NC(=O)c1cccc([N+](=O)[O-])c1)c1ccc(S(C)(=O)=O)cc1. The molecule has 0 radical (unpaired) electrons. The quantitative estimate of drug-likeness (QED) is 0.660. The number of nitrogens with one attached hydrogen (secondary N) is 1. The van der Waals surface area contributed by atoms with Crippen LogP contribution in [0.15, 0.2) is 53.4 Å². The van der Waals surface area contributed by atoms with Gasteiger partial charge in [0.25, 0.3) is 11.6 Å². The van der Waals surface area contributed by atoms with Gasteiger partial charge in [0.15, 0.2) is 9.84 Å². The first-order valence-corrected chi connectivity index (χ1v) is 8.93. The average Bonchev–Trinajstić information content (AvgIpc) is 2.54. The van der Waals surface area contributed by atoms with Gasteiger partial charge in [0.2, 0.25) is 0 Å². The van der Waals surface area contributed by atoms with E-state index < -0.39 is 20.7 Å². The van der Waals surface area contributed by atoms with Crippen molar-refractivity contribution in [1.82, 2.24) is 5.32 Å². The number of amides is 1. The highest BCUT2D eigenvalue weighted by atomic mass is 32.2.